The van der Waals surface area contributed by atoms with E-state index in [9.17, 15) is 9.90 Å². The van der Waals surface area contributed by atoms with Crippen molar-refractivity contribution in [2.24, 2.45) is 0 Å². The molecule has 0 spiro atoms. The quantitative estimate of drug-likeness (QED) is 0.741. The summed E-state index contributed by atoms with van der Waals surface area (Å²) in [5, 5.41) is 18.0. The summed E-state index contributed by atoms with van der Waals surface area (Å²) in [6.45, 7) is 1.85. The van der Waals surface area contributed by atoms with Gasteiger partial charge in [-0.1, -0.05) is 24.3 Å². The molecule has 0 saturated heterocycles. The van der Waals surface area contributed by atoms with Gasteiger partial charge < -0.3 is 10.2 Å². The van der Waals surface area contributed by atoms with Crippen LogP contribution in [-0.2, 0) is 4.79 Å². The van der Waals surface area contributed by atoms with Gasteiger partial charge in [0.25, 0.3) is 0 Å². The predicted molar refractivity (Wildman–Crippen MR) is 48.4 cm³/mol. The number of carboxylic acid groups (broad SMARTS) is 1. The summed E-state index contributed by atoms with van der Waals surface area (Å²) in [6, 6.07) is 7.23. The van der Waals surface area contributed by atoms with Crippen LogP contribution < -0.4 is 0 Å². The normalized spacial score (nSPS) is 12.5. The molecular weight excluding hydrogens is 168 g/mol. The highest BCUT2D eigenvalue weighted by Gasteiger charge is 2.13. The van der Waals surface area contributed by atoms with E-state index in [1.165, 1.54) is 0 Å². The van der Waals surface area contributed by atoms with Crippen molar-refractivity contribution in [3.63, 3.8) is 0 Å². The molecule has 0 amide bonds. The number of carboxylic acids is 1. The number of aliphatic hydroxyl groups excluding tert-OH is 1. The number of aliphatic hydroxyl groups is 1. The standard InChI is InChI=1S/C10H12O3/c1-7-4-2-3-5-8(7)9(11)6-10(12)13/h2-5,9,11H,6H2,1H3,(H,12,13). The number of benzene rings is 1. The highest BCUT2D eigenvalue weighted by molar-refractivity contribution is 5.67. The van der Waals surface area contributed by atoms with E-state index in [1.807, 2.05) is 19.1 Å². The van der Waals surface area contributed by atoms with Crippen LogP contribution in [0.25, 0.3) is 0 Å². The number of carbonyl (C=O) groups is 1. The Hall–Kier alpha value is -1.35. The Bertz CT molecular complexity index is 307. The Labute approximate surface area is 76.6 Å². The molecule has 0 heterocycles. The molecule has 1 unspecified atom stereocenters. The third-order valence-corrected chi connectivity index (χ3v) is 1.92. The van der Waals surface area contributed by atoms with Gasteiger partial charge >= 0.3 is 5.97 Å². The highest BCUT2D eigenvalue weighted by atomic mass is 16.4. The molecule has 0 bridgehead atoms. The van der Waals surface area contributed by atoms with Crippen LogP contribution >= 0.6 is 0 Å². The van der Waals surface area contributed by atoms with Crippen molar-refractivity contribution >= 4 is 5.97 Å². The number of aryl methyl sites for hydroxylation is 1. The summed E-state index contributed by atoms with van der Waals surface area (Å²) in [7, 11) is 0. The molecular formula is C10H12O3. The van der Waals surface area contributed by atoms with Crippen molar-refractivity contribution in [1.82, 2.24) is 0 Å². The molecule has 0 saturated carbocycles. The second-order valence-electron chi connectivity index (χ2n) is 2.97. The van der Waals surface area contributed by atoms with Crippen molar-refractivity contribution in [2.45, 2.75) is 19.4 Å². The lowest BCUT2D eigenvalue weighted by molar-refractivity contribution is -0.139. The molecule has 0 aliphatic heterocycles. The molecule has 0 aromatic heterocycles. The summed E-state index contributed by atoms with van der Waals surface area (Å²) in [4.78, 5) is 10.3. The first kappa shape index (κ1) is 9.74. The second-order valence-corrected chi connectivity index (χ2v) is 2.97. The molecule has 0 aliphatic carbocycles. The molecule has 1 aromatic rings. The van der Waals surface area contributed by atoms with E-state index in [1.54, 1.807) is 12.1 Å². The molecule has 13 heavy (non-hydrogen) atoms. The van der Waals surface area contributed by atoms with Crippen molar-refractivity contribution in [3.8, 4) is 0 Å². The Balaban J connectivity index is 2.82. The van der Waals surface area contributed by atoms with Gasteiger partial charge in [-0.3, -0.25) is 4.79 Å². The van der Waals surface area contributed by atoms with E-state index >= 15 is 0 Å². The van der Waals surface area contributed by atoms with Crippen molar-refractivity contribution in [2.75, 3.05) is 0 Å². The minimum absolute atomic E-state index is 0.245. The topological polar surface area (TPSA) is 57.5 Å². The SMILES string of the molecule is Cc1ccccc1C(O)CC(=O)O. The van der Waals surface area contributed by atoms with E-state index in [2.05, 4.69) is 0 Å². The van der Waals surface area contributed by atoms with Crippen LogP contribution in [0.2, 0.25) is 0 Å². The van der Waals surface area contributed by atoms with E-state index in [4.69, 9.17) is 5.11 Å². The van der Waals surface area contributed by atoms with Gasteiger partial charge in [-0.15, -0.1) is 0 Å². The van der Waals surface area contributed by atoms with Crippen LogP contribution in [0, 0.1) is 6.92 Å². The molecule has 1 atom stereocenters. The molecule has 3 heteroatoms. The van der Waals surface area contributed by atoms with Crippen LogP contribution in [0.1, 0.15) is 23.7 Å². The number of hydrogen-bond acceptors (Lipinski definition) is 2. The van der Waals surface area contributed by atoms with Gasteiger partial charge in [-0.25, -0.2) is 0 Å². The van der Waals surface area contributed by atoms with Crippen LogP contribution in [0.4, 0.5) is 0 Å². The maximum Gasteiger partial charge on any atom is 0.306 e. The molecule has 1 aromatic carbocycles. The maximum atomic E-state index is 10.3. The minimum atomic E-state index is -0.990. The summed E-state index contributed by atoms with van der Waals surface area (Å²) in [5.41, 5.74) is 1.60. The van der Waals surface area contributed by atoms with Gasteiger partial charge in [0.15, 0.2) is 0 Å². The average molecular weight is 180 g/mol. The van der Waals surface area contributed by atoms with Crippen LogP contribution in [0.5, 0.6) is 0 Å². The lowest BCUT2D eigenvalue weighted by Gasteiger charge is -2.10. The van der Waals surface area contributed by atoms with E-state index in [0.29, 0.717) is 5.56 Å². The van der Waals surface area contributed by atoms with E-state index in [0.717, 1.165) is 5.56 Å². The molecule has 70 valence electrons. The third-order valence-electron chi connectivity index (χ3n) is 1.92. The van der Waals surface area contributed by atoms with E-state index in [-0.39, 0.29) is 6.42 Å². The van der Waals surface area contributed by atoms with Gasteiger partial charge in [0.1, 0.15) is 0 Å². The Morgan fingerprint density at radius 3 is 2.62 bits per heavy atom. The minimum Gasteiger partial charge on any atom is -0.481 e. The Kier molecular flexibility index (Phi) is 3.03. The van der Waals surface area contributed by atoms with Crippen molar-refractivity contribution in [1.29, 1.82) is 0 Å². The third kappa shape index (κ3) is 2.56. The van der Waals surface area contributed by atoms with Gasteiger partial charge in [-0.2, -0.15) is 0 Å². The first-order valence-electron chi connectivity index (χ1n) is 4.06. The lowest BCUT2D eigenvalue weighted by Crippen LogP contribution is -2.06. The number of rotatable bonds is 3. The maximum absolute atomic E-state index is 10.3. The summed E-state index contributed by atoms with van der Waals surface area (Å²) >= 11 is 0. The van der Waals surface area contributed by atoms with Gasteiger partial charge in [-0.05, 0) is 18.1 Å². The van der Waals surface area contributed by atoms with Gasteiger partial charge in [0, 0.05) is 0 Å². The summed E-state index contributed by atoms with van der Waals surface area (Å²) in [6.07, 6.45) is -1.15. The first-order chi connectivity index (χ1) is 6.11. The fraction of sp³-hybridized carbons (Fsp3) is 0.300. The zero-order chi connectivity index (χ0) is 9.84. The monoisotopic (exact) mass is 180 g/mol. The van der Waals surface area contributed by atoms with Gasteiger partial charge in [0.2, 0.25) is 0 Å². The second kappa shape index (κ2) is 4.05. The highest BCUT2D eigenvalue weighted by Crippen LogP contribution is 2.19. The zero-order valence-electron chi connectivity index (χ0n) is 7.40. The Morgan fingerprint density at radius 1 is 1.46 bits per heavy atom. The average Bonchev–Trinajstić information content (AvgIpc) is 2.03. The molecule has 2 N–H and O–H groups in total. The molecule has 3 nitrogen and oxygen atoms in total. The lowest BCUT2D eigenvalue weighted by atomic mass is 10.0. The first-order valence-corrected chi connectivity index (χ1v) is 4.06. The molecule has 0 radical (unpaired) electrons. The fourth-order valence-corrected chi connectivity index (χ4v) is 1.24. The smallest absolute Gasteiger partial charge is 0.306 e. The largest absolute Gasteiger partial charge is 0.481 e. The molecule has 0 aliphatic rings. The summed E-state index contributed by atoms with van der Waals surface area (Å²) in [5.74, 6) is -0.990. The van der Waals surface area contributed by atoms with Crippen molar-refractivity contribution < 1.29 is 15.0 Å². The van der Waals surface area contributed by atoms with E-state index < -0.39 is 12.1 Å². The van der Waals surface area contributed by atoms with Crippen LogP contribution in [0.15, 0.2) is 24.3 Å². The fourth-order valence-electron chi connectivity index (χ4n) is 1.24. The summed E-state index contributed by atoms with van der Waals surface area (Å²) < 4.78 is 0. The predicted octanol–water partition coefficient (Wildman–Crippen LogP) is 1.50. The molecule has 1 rings (SSSR count). The van der Waals surface area contributed by atoms with Crippen LogP contribution in [0.3, 0.4) is 0 Å². The number of aliphatic carboxylic acids is 1. The number of hydrogen-bond donors (Lipinski definition) is 2. The zero-order valence-corrected chi connectivity index (χ0v) is 7.40. The van der Waals surface area contributed by atoms with Gasteiger partial charge in [0.05, 0.1) is 12.5 Å². The molecule has 0 fully saturated rings. The van der Waals surface area contributed by atoms with Crippen molar-refractivity contribution in [3.05, 3.63) is 35.4 Å². The van der Waals surface area contributed by atoms with Crippen LogP contribution in [-0.4, -0.2) is 16.2 Å². The Morgan fingerprint density at radius 2 is 2.08 bits per heavy atom.